The van der Waals surface area contributed by atoms with Crippen molar-refractivity contribution in [1.82, 2.24) is 15.0 Å². The lowest BCUT2D eigenvalue weighted by Crippen LogP contribution is -2.39. The van der Waals surface area contributed by atoms with Gasteiger partial charge in [0.15, 0.2) is 0 Å². The number of carbonyl (C=O) groups is 1. The van der Waals surface area contributed by atoms with Crippen LogP contribution >= 0.6 is 11.6 Å². The van der Waals surface area contributed by atoms with Gasteiger partial charge >= 0.3 is 6.01 Å². The summed E-state index contributed by atoms with van der Waals surface area (Å²) in [4.78, 5) is 25.2. The lowest BCUT2D eigenvalue weighted by Gasteiger charge is -2.30. The summed E-state index contributed by atoms with van der Waals surface area (Å²) in [6.45, 7) is 3.64. The molecular weight excluding hydrogens is 270 g/mol. The molecule has 1 amide bonds. The Morgan fingerprint density at radius 3 is 2.68 bits per heavy atom. The van der Waals surface area contributed by atoms with E-state index in [-0.39, 0.29) is 23.1 Å². The molecule has 2 N–H and O–H groups in total. The Morgan fingerprint density at radius 2 is 2.11 bits per heavy atom. The molecule has 2 heterocycles. The predicted molar refractivity (Wildman–Crippen MR) is 70.1 cm³/mol. The largest absolute Gasteiger partial charge is 0.464 e. The van der Waals surface area contributed by atoms with Gasteiger partial charge in [0.05, 0.1) is 6.61 Å². The van der Waals surface area contributed by atoms with E-state index >= 15 is 0 Å². The van der Waals surface area contributed by atoms with Crippen molar-refractivity contribution < 1.29 is 9.53 Å². The highest BCUT2D eigenvalue weighted by Gasteiger charge is 2.25. The Hall–Kier alpha value is -1.63. The van der Waals surface area contributed by atoms with E-state index in [4.69, 9.17) is 22.1 Å². The summed E-state index contributed by atoms with van der Waals surface area (Å²) in [6, 6.07) is 0.217. The van der Waals surface area contributed by atoms with Crippen LogP contribution in [-0.2, 0) is 4.79 Å². The second kappa shape index (κ2) is 6.01. The number of ether oxygens (including phenoxy) is 1. The van der Waals surface area contributed by atoms with Gasteiger partial charge in [-0.2, -0.15) is 15.0 Å². The van der Waals surface area contributed by atoms with Crippen LogP contribution in [0.5, 0.6) is 6.01 Å². The Labute approximate surface area is 116 Å². The van der Waals surface area contributed by atoms with Crippen molar-refractivity contribution in [3.8, 4) is 6.01 Å². The number of primary amides is 1. The van der Waals surface area contributed by atoms with Gasteiger partial charge in [0.1, 0.15) is 0 Å². The lowest BCUT2D eigenvalue weighted by atomic mass is 9.97. The van der Waals surface area contributed by atoms with Crippen LogP contribution < -0.4 is 15.4 Å². The number of anilines is 1. The summed E-state index contributed by atoms with van der Waals surface area (Å²) in [5, 5.41) is 0.102. The van der Waals surface area contributed by atoms with Crippen molar-refractivity contribution >= 4 is 23.5 Å². The fourth-order valence-corrected chi connectivity index (χ4v) is 2.17. The normalized spacial score (nSPS) is 16.4. The maximum Gasteiger partial charge on any atom is 0.322 e. The zero-order valence-corrected chi connectivity index (χ0v) is 11.4. The van der Waals surface area contributed by atoms with Gasteiger partial charge < -0.3 is 15.4 Å². The number of halogens is 1. The summed E-state index contributed by atoms with van der Waals surface area (Å²) < 4.78 is 5.23. The van der Waals surface area contributed by atoms with Gasteiger partial charge in [0.2, 0.25) is 17.1 Å². The van der Waals surface area contributed by atoms with Gasteiger partial charge in [-0.25, -0.2) is 0 Å². The lowest BCUT2D eigenvalue weighted by molar-refractivity contribution is -0.122. The zero-order chi connectivity index (χ0) is 13.8. The number of nitrogens with two attached hydrogens (primary N) is 1. The highest BCUT2D eigenvalue weighted by atomic mass is 35.5. The number of carbonyl (C=O) groups excluding carboxylic acids is 1. The highest BCUT2D eigenvalue weighted by molar-refractivity contribution is 6.28. The van der Waals surface area contributed by atoms with E-state index in [2.05, 4.69) is 15.0 Å². The van der Waals surface area contributed by atoms with Gasteiger partial charge in [0.25, 0.3) is 0 Å². The van der Waals surface area contributed by atoms with Crippen LogP contribution in [0.3, 0.4) is 0 Å². The van der Waals surface area contributed by atoms with Crippen molar-refractivity contribution in [3.05, 3.63) is 5.28 Å². The number of hydrogen-bond acceptors (Lipinski definition) is 6. The second-order valence-electron chi connectivity index (χ2n) is 4.28. The van der Waals surface area contributed by atoms with Gasteiger partial charge in [-0.3, -0.25) is 4.79 Å². The molecule has 1 aliphatic heterocycles. The van der Waals surface area contributed by atoms with Crippen LogP contribution in [0.1, 0.15) is 19.8 Å². The Kier molecular flexibility index (Phi) is 4.36. The molecule has 2 rings (SSSR count). The zero-order valence-electron chi connectivity index (χ0n) is 10.7. The fraction of sp³-hybridized carbons (Fsp3) is 0.636. The summed E-state index contributed by atoms with van der Waals surface area (Å²) >= 11 is 5.84. The van der Waals surface area contributed by atoms with Crippen molar-refractivity contribution in [1.29, 1.82) is 0 Å². The molecule has 0 aromatic carbocycles. The molecule has 7 nitrogen and oxygen atoms in total. The smallest absolute Gasteiger partial charge is 0.322 e. The third-order valence-corrected chi connectivity index (χ3v) is 3.20. The molecule has 104 valence electrons. The van der Waals surface area contributed by atoms with E-state index in [0.29, 0.717) is 38.5 Å². The first-order valence-electron chi connectivity index (χ1n) is 6.18. The van der Waals surface area contributed by atoms with Crippen molar-refractivity contribution in [2.75, 3.05) is 24.6 Å². The van der Waals surface area contributed by atoms with Crippen molar-refractivity contribution in [2.24, 2.45) is 11.7 Å². The van der Waals surface area contributed by atoms with E-state index in [1.165, 1.54) is 0 Å². The minimum atomic E-state index is -0.247. The third kappa shape index (κ3) is 3.44. The highest BCUT2D eigenvalue weighted by Crippen LogP contribution is 2.22. The van der Waals surface area contributed by atoms with Gasteiger partial charge in [-0.1, -0.05) is 0 Å². The number of hydrogen-bond donors (Lipinski definition) is 1. The SMILES string of the molecule is CCOc1nc(Cl)nc(N2CCC(C(N)=O)CC2)n1. The molecule has 0 saturated carbocycles. The first-order valence-corrected chi connectivity index (χ1v) is 6.56. The molecule has 0 unspecified atom stereocenters. The predicted octanol–water partition coefficient (Wildman–Crippen LogP) is 0.625. The Morgan fingerprint density at radius 1 is 1.42 bits per heavy atom. The molecule has 1 aromatic rings. The van der Waals surface area contributed by atoms with Crippen LogP contribution in [0.4, 0.5) is 5.95 Å². The van der Waals surface area contributed by atoms with Crippen LogP contribution in [0, 0.1) is 5.92 Å². The topological polar surface area (TPSA) is 94.2 Å². The number of rotatable bonds is 4. The quantitative estimate of drug-likeness (QED) is 0.872. The van der Waals surface area contributed by atoms with Gasteiger partial charge in [-0.05, 0) is 31.4 Å². The molecule has 0 aliphatic carbocycles. The summed E-state index contributed by atoms with van der Waals surface area (Å²) in [6.07, 6.45) is 1.39. The van der Waals surface area contributed by atoms with Crippen LogP contribution in [0.15, 0.2) is 0 Å². The minimum Gasteiger partial charge on any atom is -0.464 e. The van der Waals surface area contributed by atoms with E-state index in [1.807, 2.05) is 11.8 Å². The van der Waals surface area contributed by atoms with Crippen LogP contribution in [0.2, 0.25) is 5.28 Å². The Bertz CT molecular complexity index is 462. The van der Waals surface area contributed by atoms with E-state index in [9.17, 15) is 4.79 Å². The molecule has 1 saturated heterocycles. The molecule has 1 aromatic heterocycles. The standard InChI is InChI=1S/C11H16ClN5O2/c1-2-19-11-15-9(12)14-10(16-11)17-5-3-7(4-6-17)8(13)18/h7H,2-6H2,1H3,(H2,13,18). The number of nitrogens with zero attached hydrogens (tertiary/aromatic N) is 4. The monoisotopic (exact) mass is 285 g/mol. The van der Waals surface area contributed by atoms with E-state index < -0.39 is 0 Å². The average molecular weight is 286 g/mol. The molecular formula is C11H16ClN5O2. The molecule has 0 spiro atoms. The number of aromatic nitrogens is 3. The third-order valence-electron chi connectivity index (χ3n) is 3.03. The molecule has 0 radical (unpaired) electrons. The van der Waals surface area contributed by atoms with E-state index in [0.717, 1.165) is 0 Å². The summed E-state index contributed by atoms with van der Waals surface area (Å²) in [5.41, 5.74) is 5.30. The summed E-state index contributed by atoms with van der Waals surface area (Å²) in [7, 11) is 0. The number of piperidine rings is 1. The molecule has 19 heavy (non-hydrogen) atoms. The van der Waals surface area contributed by atoms with Crippen molar-refractivity contribution in [3.63, 3.8) is 0 Å². The molecule has 1 aliphatic rings. The first-order chi connectivity index (χ1) is 9.10. The van der Waals surface area contributed by atoms with Gasteiger partial charge in [0, 0.05) is 19.0 Å². The molecule has 1 fully saturated rings. The second-order valence-corrected chi connectivity index (χ2v) is 4.62. The minimum absolute atomic E-state index is 0.0695. The molecule has 0 bridgehead atoms. The maximum absolute atomic E-state index is 11.1. The first kappa shape index (κ1) is 13.8. The van der Waals surface area contributed by atoms with E-state index in [1.54, 1.807) is 0 Å². The molecule has 0 atom stereocenters. The number of amides is 1. The van der Waals surface area contributed by atoms with Crippen LogP contribution in [0.25, 0.3) is 0 Å². The van der Waals surface area contributed by atoms with Crippen LogP contribution in [-0.4, -0.2) is 40.6 Å². The fourth-order valence-electron chi connectivity index (χ4n) is 2.02. The molecule has 8 heteroatoms. The summed E-state index contributed by atoms with van der Waals surface area (Å²) in [5.74, 6) is 0.162. The van der Waals surface area contributed by atoms with Gasteiger partial charge in [-0.15, -0.1) is 0 Å². The average Bonchev–Trinajstić information content (AvgIpc) is 2.38. The Balaban J connectivity index is 2.08. The maximum atomic E-state index is 11.1. The van der Waals surface area contributed by atoms with Crippen molar-refractivity contribution in [2.45, 2.75) is 19.8 Å².